The lowest BCUT2D eigenvalue weighted by molar-refractivity contribution is -0.139. The van der Waals surface area contributed by atoms with Gasteiger partial charge in [0.1, 0.15) is 12.4 Å². The molecule has 0 aliphatic carbocycles. The molecule has 2 fully saturated rings. The van der Waals surface area contributed by atoms with E-state index in [0.717, 1.165) is 44.9 Å². The number of thiophene rings is 1. The van der Waals surface area contributed by atoms with Crippen LogP contribution in [0.5, 0.6) is 5.75 Å². The number of nitrogens with one attached hydrogen (secondary N) is 2. The molecule has 1 aromatic carbocycles. The van der Waals surface area contributed by atoms with Crippen molar-refractivity contribution in [3.05, 3.63) is 40.9 Å². The molecule has 192 valence electrons. The van der Waals surface area contributed by atoms with Crippen molar-refractivity contribution in [3.63, 3.8) is 0 Å². The first-order valence-corrected chi connectivity index (χ1v) is 13.3. The first-order valence-electron chi connectivity index (χ1n) is 12.5. The number of amides is 2. The summed E-state index contributed by atoms with van der Waals surface area (Å²) in [6.45, 7) is 4.68. The van der Waals surface area contributed by atoms with E-state index in [-0.39, 0.29) is 30.7 Å². The van der Waals surface area contributed by atoms with E-state index in [9.17, 15) is 14.9 Å². The van der Waals surface area contributed by atoms with Gasteiger partial charge < -0.3 is 20.5 Å². The molecular weight excluding hydrogens is 490 g/mol. The van der Waals surface area contributed by atoms with Crippen LogP contribution in [0.3, 0.4) is 0 Å². The third-order valence-corrected chi connectivity index (χ3v) is 7.95. The van der Waals surface area contributed by atoms with Crippen molar-refractivity contribution in [1.82, 2.24) is 15.2 Å². The van der Waals surface area contributed by atoms with Crippen LogP contribution < -0.4 is 15.4 Å². The lowest BCUT2D eigenvalue weighted by Crippen LogP contribution is -2.29. The SMILES string of the molecule is CC1CC(=O)N(Cc2cc3nccc(-c4cc(C#N)cc5c4NCCO5)c3s2)C1=O.OCC1CCCN1. The number of likely N-dealkylation sites (tertiary alicyclic amines) is 1. The van der Waals surface area contributed by atoms with Crippen LogP contribution in [-0.4, -0.2) is 59.1 Å². The molecule has 5 heterocycles. The predicted octanol–water partition coefficient (Wildman–Crippen LogP) is 3.26. The minimum Gasteiger partial charge on any atom is -0.490 e. The normalized spacial score (nSPS) is 20.6. The average molecular weight is 520 g/mol. The highest BCUT2D eigenvalue weighted by molar-refractivity contribution is 7.19. The largest absolute Gasteiger partial charge is 0.490 e. The lowest BCUT2D eigenvalue weighted by Gasteiger charge is -2.22. The Bertz CT molecular complexity index is 1380. The highest BCUT2D eigenvalue weighted by atomic mass is 32.1. The van der Waals surface area contributed by atoms with Crippen molar-refractivity contribution in [3.8, 4) is 22.9 Å². The number of hydrogen-bond acceptors (Lipinski definition) is 9. The molecule has 2 saturated heterocycles. The highest BCUT2D eigenvalue weighted by Gasteiger charge is 2.35. The molecule has 0 radical (unpaired) electrons. The van der Waals surface area contributed by atoms with Crippen LogP contribution in [0, 0.1) is 17.2 Å². The minimum atomic E-state index is -0.258. The number of pyridine rings is 1. The van der Waals surface area contributed by atoms with Crippen LogP contribution in [-0.2, 0) is 16.1 Å². The number of aliphatic hydroxyl groups excluding tert-OH is 1. The topological polar surface area (TPSA) is 128 Å². The molecule has 9 nitrogen and oxygen atoms in total. The Kier molecular flexibility index (Phi) is 7.37. The number of hydrogen-bond donors (Lipinski definition) is 3. The summed E-state index contributed by atoms with van der Waals surface area (Å²) in [5, 5.41) is 24.5. The van der Waals surface area contributed by atoms with Crippen LogP contribution >= 0.6 is 11.3 Å². The number of nitriles is 1. The molecule has 3 N–H and O–H groups in total. The smallest absolute Gasteiger partial charge is 0.232 e. The number of rotatable bonds is 4. The molecule has 2 atom stereocenters. The van der Waals surface area contributed by atoms with Crippen molar-refractivity contribution in [2.45, 2.75) is 38.8 Å². The first kappa shape index (κ1) is 25.1. The third kappa shape index (κ3) is 5.16. The molecule has 0 spiro atoms. The number of aliphatic hydroxyl groups is 1. The molecule has 3 aliphatic rings. The van der Waals surface area contributed by atoms with Crippen LogP contribution in [0.4, 0.5) is 5.69 Å². The van der Waals surface area contributed by atoms with Gasteiger partial charge in [-0.25, -0.2) is 0 Å². The zero-order valence-corrected chi connectivity index (χ0v) is 21.4. The maximum Gasteiger partial charge on any atom is 0.232 e. The Hall–Kier alpha value is -3.52. The number of ether oxygens (including phenoxy) is 1. The summed E-state index contributed by atoms with van der Waals surface area (Å²) in [5.74, 6) is 0.157. The van der Waals surface area contributed by atoms with E-state index in [1.165, 1.54) is 22.7 Å². The van der Waals surface area contributed by atoms with E-state index in [0.29, 0.717) is 37.1 Å². The molecular formula is C27H29N5O4S. The summed E-state index contributed by atoms with van der Waals surface area (Å²) in [5.41, 5.74) is 4.01. The van der Waals surface area contributed by atoms with Crippen LogP contribution in [0.15, 0.2) is 30.5 Å². The minimum absolute atomic E-state index is 0.122. The third-order valence-electron chi connectivity index (χ3n) is 6.81. The number of carbonyl (C=O) groups is 2. The van der Waals surface area contributed by atoms with Gasteiger partial charge in [0, 0.05) is 53.2 Å². The van der Waals surface area contributed by atoms with E-state index in [4.69, 9.17) is 9.84 Å². The van der Waals surface area contributed by atoms with Crippen molar-refractivity contribution >= 4 is 39.1 Å². The molecule has 0 saturated carbocycles. The lowest BCUT2D eigenvalue weighted by atomic mass is 10.00. The molecule has 2 unspecified atom stereocenters. The standard InChI is InChI=1S/C22H18N4O3S.C5H11NO/c1-12-6-19(27)26(22(12)28)11-14-9-17-21(30-14)15(2-3-24-17)16-7-13(10-23)8-18-20(16)25-4-5-29-18;7-4-5-2-1-3-6-5/h2-3,7-9,12,25H,4-6,11H2,1H3;5-7H,1-4H2. The Morgan fingerprint density at radius 3 is 2.81 bits per heavy atom. The number of carbonyl (C=O) groups excluding carboxylic acids is 2. The number of imide groups is 1. The summed E-state index contributed by atoms with van der Waals surface area (Å²) in [4.78, 5) is 31.2. The van der Waals surface area contributed by atoms with Gasteiger partial charge in [-0.15, -0.1) is 11.3 Å². The number of fused-ring (bicyclic) bond motifs is 2. The van der Waals surface area contributed by atoms with Crippen LogP contribution in [0.25, 0.3) is 21.3 Å². The maximum absolute atomic E-state index is 12.3. The van der Waals surface area contributed by atoms with E-state index in [1.54, 1.807) is 19.2 Å². The molecule has 37 heavy (non-hydrogen) atoms. The number of anilines is 1. The maximum atomic E-state index is 12.3. The Balaban J connectivity index is 0.000000348. The van der Waals surface area contributed by atoms with Gasteiger partial charge in [0.15, 0.2) is 0 Å². The van der Waals surface area contributed by atoms with E-state index >= 15 is 0 Å². The van der Waals surface area contributed by atoms with Crippen molar-refractivity contribution in [2.24, 2.45) is 5.92 Å². The van der Waals surface area contributed by atoms with E-state index in [1.807, 2.05) is 18.2 Å². The second-order valence-electron chi connectivity index (χ2n) is 9.47. The summed E-state index contributed by atoms with van der Waals surface area (Å²) in [7, 11) is 0. The fraction of sp³-hybridized carbons (Fsp3) is 0.407. The summed E-state index contributed by atoms with van der Waals surface area (Å²) < 4.78 is 6.71. The first-order chi connectivity index (χ1) is 18.0. The van der Waals surface area contributed by atoms with Crippen molar-refractivity contribution in [1.29, 1.82) is 5.26 Å². The van der Waals surface area contributed by atoms with Crippen molar-refractivity contribution < 1.29 is 19.4 Å². The summed E-state index contributed by atoms with van der Waals surface area (Å²) in [6.07, 6.45) is 4.38. The van der Waals surface area contributed by atoms with E-state index < -0.39 is 0 Å². The summed E-state index contributed by atoms with van der Waals surface area (Å²) >= 11 is 1.51. The average Bonchev–Trinajstić information content (AvgIpc) is 3.65. The van der Waals surface area contributed by atoms with Gasteiger partial charge in [-0.05, 0) is 37.6 Å². The fourth-order valence-corrected chi connectivity index (χ4v) is 6.02. The molecule has 2 amide bonds. The highest BCUT2D eigenvalue weighted by Crippen LogP contribution is 2.43. The molecule has 3 aromatic rings. The van der Waals surface area contributed by atoms with Gasteiger partial charge >= 0.3 is 0 Å². The molecule has 2 aromatic heterocycles. The van der Waals surface area contributed by atoms with Gasteiger partial charge in [-0.3, -0.25) is 19.5 Å². The number of benzene rings is 1. The van der Waals surface area contributed by atoms with Gasteiger partial charge in [0.25, 0.3) is 0 Å². The number of aromatic nitrogens is 1. The zero-order valence-electron chi connectivity index (χ0n) is 20.6. The second-order valence-corrected chi connectivity index (χ2v) is 10.6. The number of nitrogens with zero attached hydrogens (tertiary/aromatic N) is 3. The molecule has 10 heteroatoms. The van der Waals surface area contributed by atoms with Gasteiger partial charge in [0.05, 0.1) is 40.7 Å². The Morgan fingerprint density at radius 2 is 2.14 bits per heavy atom. The van der Waals surface area contributed by atoms with Gasteiger partial charge in [-0.2, -0.15) is 5.26 Å². The van der Waals surface area contributed by atoms with Crippen LogP contribution in [0.2, 0.25) is 0 Å². The van der Waals surface area contributed by atoms with Gasteiger partial charge in [0.2, 0.25) is 11.8 Å². The van der Waals surface area contributed by atoms with Gasteiger partial charge in [-0.1, -0.05) is 6.92 Å². The zero-order chi connectivity index (χ0) is 25.9. The quantitative estimate of drug-likeness (QED) is 0.448. The van der Waals surface area contributed by atoms with Crippen molar-refractivity contribution in [2.75, 3.05) is 31.6 Å². The van der Waals surface area contributed by atoms with Crippen LogP contribution in [0.1, 0.15) is 36.6 Å². The Morgan fingerprint density at radius 1 is 1.27 bits per heavy atom. The second kappa shape index (κ2) is 10.8. The fourth-order valence-electron chi connectivity index (χ4n) is 4.89. The van der Waals surface area contributed by atoms with E-state index in [2.05, 4.69) is 21.7 Å². The monoisotopic (exact) mass is 519 g/mol. The summed E-state index contributed by atoms with van der Waals surface area (Å²) in [6, 6.07) is 10.0. The molecule has 3 aliphatic heterocycles. The molecule has 0 bridgehead atoms. The predicted molar refractivity (Wildman–Crippen MR) is 141 cm³/mol. The Labute approximate surface area is 219 Å². The molecule has 6 rings (SSSR count).